The van der Waals surface area contributed by atoms with Crippen molar-refractivity contribution in [2.75, 3.05) is 33.2 Å². The Kier molecular flexibility index (Phi) is 10.0. The maximum absolute atomic E-state index is 13.6. The van der Waals surface area contributed by atoms with Crippen LogP contribution in [0.15, 0.2) is 24.3 Å². The number of likely N-dealkylation sites (tertiary alicyclic amines) is 1. The van der Waals surface area contributed by atoms with Crippen LogP contribution in [0.2, 0.25) is 5.02 Å². The Bertz CT molecular complexity index is 764. The highest BCUT2D eigenvalue weighted by atomic mass is 35.5. The predicted molar refractivity (Wildman–Crippen MR) is 134 cm³/mol. The van der Waals surface area contributed by atoms with E-state index in [1.807, 2.05) is 50.1 Å². The zero-order valence-electron chi connectivity index (χ0n) is 20.5. The molecule has 0 radical (unpaired) electrons. The molecule has 1 aliphatic carbocycles. The van der Waals surface area contributed by atoms with Crippen molar-refractivity contribution in [3.05, 3.63) is 34.9 Å². The monoisotopic (exact) mass is 476 g/mol. The molecule has 0 spiro atoms. The number of rotatable bonds is 10. The van der Waals surface area contributed by atoms with Crippen LogP contribution in [0.5, 0.6) is 0 Å². The van der Waals surface area contributed by atoms with Crippen LogP contribution in [0.3, 0.4) is 0 Å². The molecule has 2 N–H and O–H groups in total. The molecule has 33 heavy (non-hydrogen) atoms. The molecule has 1 saturated carbocycles. The van der Waals surface area contributed by atoms with Crippen LogP contribution in [-0.4, -0.2) is 73.0 Å². The van der Waals surface area contributed by atoms with Crippen LogP contribution in [0.1, 0.15) is 57.9 Å². The minimum Gasteiger partial charge on any atom is -0.339 e. The molecule has 1 aromatic carbocycles. The van der Waals surface area contributed by atoms with E-state index in [-0.39, 0.29) is 29.8 Å². The van der Waals surface area contributed by atoms with Gasteiger partial charge in [0.05, 0.1) is 12.1 Å². The number of carbonyl (C=O) groups excluding carboxylic acids is 2. The standard InChI is InChI=1S/C26H41ClN4O2/c1-19(2)25(32)31(22-7-5-4-6-8-22)23-13-16-30(18-23)26(33)24(29-15-14-28-3)17-20-9-11-21(27)12-10-20/h9-12,19,22-24,28-29H,4-8,13-18H2,1-3H3/t23-,24+/m0/s1. The molecule has 6 nitrogen and oxygen atoms in total. The summed E-state index contributed by atoms with van der Waals surface area (Å²) >= 11 is 6.04. The fourth-order valence-electron chi connectivity index (χ4n) is 5.18. The summed E-state index contributed by atoms with van der Waals surface area (Å²) in [5.74, 6) is 0.354. The normalized spacial score (nSPS) is 20.3. The third-order valence-electron chi connectivity index (χ3n) is 7.00. The van der Waals surface area contributed by atoms with E-state index in [2.05, 4.69) is 15.5 Å². The average Bonchev–Trinajstić information content (AvgIpc) is 3.30. The topological polar surface area (TPSA) is 64.7 Å². The number of hydrogen-bond donors (Lipinski definition) is 2. The molecule has 0 bridgehead atoms. The molecule has 2 amide bonds. The Morgan fingerprint density at radius 1 is 1.06 bits per heavy atom. The first-order valence-corrected chi connectivity index (χ1v) is 13.0. The van der Waals surface area contributed by atoms with Gasteiger partial charge in [-0.05, 0) is 50.4 Å². The van der Waals surface area contributed by atoms with Crippen LogP contribution in [0.4, 0.5) is 0 Å². The number of carbonyl (C=O) groups is 2. The van der Waals surface area contributed by atoms with E-state index in [0.29, 0.717) is 30.6 Å². The van der Waals surface area contributed by atoms with Gasteiger partial charge >= 0.3 is 0 Å². The first-order valence-electron chi connectivity index (χ1n) is 12.6. The van der Waals surface area contributed by atoms with E-state index in [0.717, 1.165) is 37.9 Å². The number of halogens is 1. The van der Waals surface area contributed by atoms with Crippen molar-refractivity contribution in [1.29, 1.82) is 0 Å². The van der Waals surface area contributed by atoms with Crippen molar-refractivity contribution < 1.29 is 9.59 Å². The van der Waals surface area contributed by atoms with Gasteiger partial charge in [-0.25, -0.2) is 0 Å². The van der Waals surface area contributed by atoms with Crippen LogP contribution in [0, 0.1) is 5.92 Å². The van der Waals surface area contributed by atoms with E-state index in [1.165, 1.54) is 19.3 Å². The molecule has 1 saturated heterocycles. The van der Waals surface area contributed by atoms with Gasteiger partial charge in [-0.1, -0.05) is 56.8 Å². The molecule has 0 aromatic heterocycles. The van der Waals surface area contributed by atoms with Crippen LogP contribution >= 0.6 is 11.6 Å². The molecule has 7 heteroatoms. The largest absolute Gasteiger partial charge is 0.339 e. The Morgan fingerprint density at radius 2 is 1.76 bits per heavy atom. The Hall–Kier alpha value is -1.63. The number of hydrogen-bond acceptors (Lipinski definition) is 4. The fraction of sp³-hybridized carbons (Fsp3) is 0.692. The van der Waals surface area contributed by atoms with Crippen molar-refractivity contribution in [2.45, 2.75) is 76.9 Å². The number of amides is 2. The zero-order valence-corrected chi connectivity index (χ0v) is 21.2. The minimum absolute atomic E-state index is 0.0162. The molecule has 2 atom stereocenters. The van der Waals surface area contributed by atoms with Gasteiger partial charge in [-0.2, -0.15) is 0 Å². The first-order chi connectivity index (χ1) is 15.9. The van der Waals surface area contributed by atoms with Gasteiger partial charge in [0.15, 0.2) is 0 Å². The summed E-state index contributed by atoms with van der Waals surface area (Å²) in [6.45, 7) is 6.85. The summed E-state index contributed by atoms with van der Waals surface area (Å²) in [4.78, 5) is 30.9. The van der Waals surface area contributed by atoms with Gasteiger partial charge in [0.2, 0.25) is 11.8 Å². The molecule has 1 aromatic rings. The second-order valence-corrected chi connectivity index (χ2v) is 10.3. The van der Waals surface area contributed by atoms with Gasteiger partial charge in [-0.15, -0.1) is 0 Å². The van der Waals surface area contributed by atoms with Crippen molar-refractivity contribution in [3.8, 4) is 0 Å². The van der Waals surface area contributed by atoms with Crippen molar-refractivity contribution >= 4 is 23.4 Å². The highest BCUT2D eigenvalue weighted by Crippen LogP contribution is 2.29. The molecule has 184 valence electrons. The van der Waals surface area contributed by atoms with Crippen LogP contribution in [-0.2, 0) is 16.0 Å². The van der Waals surface area contributed by atoms with E-state index in [4.69, 9.17) is 11.6 Å². The average molecular weight is 477 g/mol. The molecular formula is C26H41ClN4O2. The summed E-state index contributed by atoms with van der Waals surface area (Å²) in [7, 11) is 1.91. The third-order valence-corrected chi connectivity index (χ3v) is 7.25. The highest BCUT2D eigenvalue weighted by molar-refractivity contribution is 6.30. The van der Waals surface area contributed by atoms with Gasteiger partial charge in [-0.3, -0.25) is 9.59 Å². The quantitative estimate of drug-likeness (QED) is 0.507. The minimum atomic E-state index is -0.290. The van der Waals surface area contributed by atoms with Crippen LogP contribution < -0.4 is 10.6 Å². The second-order valence-electron chi connectivity index (χ2n) is 9.86. The molecule has 1 aliphatic heterocycles. The lowest BCUT2D eigenvalue weighted by atomic mass is 9.92. The van der Waals surface area contributed by atoms with Crippen molar-refractivity contribution in [2.24, 2.45) is 5.92 Å². The van der Waals surface area contributed by atoms with E-state index >= 15 is 0 Å². The van der Waals surface area contributed by atoms with E-state index in [1.54, 1.807) is 0 Å². The number of likely N-dealkylation sites (N-methyl/N-ethyl adjacent to an activating group) is 1. The number of nitrogens with zero attached hydrogens (tertiary/aromatic N) is 2. The maximum Gasteiger partial charge on any atom is 0.240 e. The highest BCUT2D eigenvalue weighted by Gasteiger charge is 2.39. The van der Waals surface area contributed by atoms with Gasteiger partial charge < -0.3 is 20.4 Å². The van der Waals surface area contributed by atoms with E-state index in [9.17, 15) is 9.59 Å². The van der Waals surface area contributed by atoms with Gasteiger partial charge in [0.1, 0.15) is 0 Å². The molecule has 0 unspecified atom stereocenters. The Morgan fingerprint density at radius 3 is 2.39 bits per heavy atom. The SMILES string of the molecule is CNCCN[C@H](Cc1ccc(Cl)cc1)C(=O)N1CC[C@H](N(C(=O)C(C)C)C2CCCCC2)C1. The van der Waals surface area contributed by atoms with Crippen molar-refractivity contribution in [1.82, 2.24) is 20.4 Å². The first kappa shape index (κ1) is 26.0. The van der Waals surface area contributed by atoms with Crippen LogP contribution in [0.25, 0.3) is 0 Å². The zero-order chi connectivity index (χ0) is 23.8. The third kappa shape index (κ3) is 7.17. The Balaban J connectivity index is 1.69. The number of benzene rings is 1. The summed E-state index contributed by atoms with van der Waals surface area (Å²) in [5.41, 5.74) is 1.09. The fourth-order valence-corrected chi connectivity index (χ4v) is 5.31. The maximum atomic E-state index is 13.6. The molecular weight excluding hydrogens is 436 g/mol. The molecule has 2 fully saturated rings. The molecule has 2 aliphatic rings. The summed E-state index contributed by atoms with van der Waals surface area (Å²) in [5, 5.41) is 7.28. The lowest BCUT2D eigenvalue weighted by Gasteiger charge is -2.39. The number of nitrogens with one attached hydrogen (secondary N) is 2. The van der Waals surface area contributed by atoms with Crippen molar-refractivity contribution in [3.63, 3.8) is 0 Å². The predicted octanol–water partition coefficient (Wildman–Crippen LogP) is 3.48. The van der Waals surface area contributed by atoms with E-state index < -0.39 is 0 Å². The molecule has 3 rings (SSSR count). The van der Waals surface area contributed by atoms with Gasteiger partial charge in [0, 0.05) is 43.2 Å². The summed E-state index contributed by atoms with van der Waals surface area (Å²) in [6.07, 6.45) is 7.32. The second kappa shape index (κ2) is 12.7. The smallest absolute Gasteiger partial charge is 0.240 e. The summed E-state index contributed by atoms with van der Waals surface area (Å²) < 4.78 is 0. The molecule has 1 heterocycles. The lowest BCUT2D eigenvalue weighted by Crippen LogP contribution is -2.52. The van der Waals surface area contributed by atoms with Gasteiger partial charge in [0.25, 0.3) is 0 Å². The Labute approximate surface area is 204 Å². The lowest BCUT2D eigenvalue weighted by molar-refractivity contribution is -0.141. The summed E-state index contributed by atoms with van der Waals surface area (Å²) in [6, 6.07) is 7.88.